The molecule has 0 spiro atoms. The molecule has 0 bridgehead atoms. The second kappa shape index (κ2) is 3.10. The summed E-state index contributed by atoms with van der Waals surface area (Å²) in [6.07, 6.45) is 1.53. The van der Waals surface area contributed by atoms with E-state index in [1.54, 1.807) is 6.07 Å². The Labute approximate surface area is 81.5 Å². The van der Waals surface area contributed by atoms with Crippen LogP contribution in [-0.2, 0) is 0 Å². The van der Waals surface area contributed by atoms with Gasteiger partial charge in [0, 0.05) is 39.4 Å². The molecule has 2 rings (SSSR count). The topological polar surface area (TPSA) is 57.6 Å². The van der Waals surface area contributed by atoms with Crippen LogP contribution in [-0.4, -0.2) is 38.2 Å². The maximum Gasteiger partial charge on any atom is 0.267 e. The zero-order chi connectivity index (χ0) is 6.97. The molecule has 51 valence electrons. The van der Waals surface area contributed by atoms with Crippen molar-refractivity contribution in [2.45, 2.75) is 0 Å². The van der Waals surface area contributed by atoms with Crippen LogP contribution in [0.3, 0.4) is 0 Å². The van der Waals surface area contributed by atoms with E-state index in [2.05, 4.69) is 21.1 Å². The first-order valence-corrected chi connectivity index (χ1v) is 2.76. The normalized spacial score (nSPS) is 10.9. The smallest absolute Gasteiger partial charge is 0.267 e. The van der Waals surface area contributed by atoms with Gasteiger partial charge in [-0.25, -0.2) is 0 Å². The SMILES string of the molecule is O=c1[nH]ccc2c1=C=NN=2.[Tl]. The van der Waals surface area contributed by atoms with Gasteiger partial charge in [0.05, 0.1) is 0 Å². The molecular weight excluding hydrogens is 334 g/mol. The third-order valence-corrected chi connectivity index (χ3v) is 1.26. The fourth-order valence-corrected chi connectivity index (χ4v) is 0.788. The maximum atomic E-state index is 10.9. The molecule has 1 aromatic heterocycles. The van der Waals surface area contributed by atoms with Gasteiger partial charge in [-0.15, -0.1) is 10.2 Å². The number of hydrogen-bond acceptors (Lipinski definition) is 3. The van der Waals surface area contributed by atoms with Gasteiger partial charge < -0.3 is 4.98 Å². The van der Waals surface area contributed by atoms with Crippen molar-refractivity contribution in [2.24, 2.45) is 10.2 Å². The minimum absolute atomic E-state index is 0. The molecule has 0 unspecified atom stereocenters. The van der Waals surface area contributed by atoms with Crippen LogP contribution in [0.4, 0.5) is 0 Å². The van der Waals surface area contributed by atoms with Gasteiger partial charge in [-0.3, -0.25) is 4.79 Å². The molecule has 0 amide bonds. The average Bonchev–Trinajstić information content (AvgIpc) is 2.36. The molecule has 2 heterocycles. The molecule has 1 aliphatic heterocycles. The molecule has 0 aliphatic carbocycles. The minimum atomic E-state index is -0.192. The second-order valence-electron chi connectivity index (χ2n) is 1.88. The monoisotopic (exact) mass is 338 g/mol. The van der Waals surface area contributed by atoms with E-state index in [1.807, 2.05) is 0 Å². The van der Waals surface area contributed by atoms with Gasteiger partial charge in [-0.05, 0) is 6.07 Å². The zero-order valence-corrected chi connectivity index (χ0v) is 10.0. The van der Waals surface area contributed by atoms with Crippen molar-refractivity contribution in [1.29, 1.82) is 0 Å². The molecule has 1 radical (unpaired) electrons. The van der Waals surface area contributed by atoms with Crippen LogP contribution in [0.2, 0.25) is 0 Å². The average molecular weight is 337 g/mol. The Kier molecular flexibility index (Phi) is 2.35. The van der Waals surface area contributed by atoms with Gasteiger partial charge in [-0.2, -0.15) is 0 Å². The predicted molar refractivity (Wildman–Crippen MR) is 40.1 cm³/mol. The molecule has 1 aliphatic rings. The molecule has 0 fully saturated rings. The van der Waals surface area contributed by atoms with Crippen LogP contribution in [0, 0.1) is 0 Å². The van der Waals surface area contributed by atoms with E-state index in [4.69, 9.17) is 0 Å². The molecule has 0 saturated heterocycles. The number of H-pyrrole nitrogens is 1. The summed E-state index contributed by atoms with van der Waals surface area (Å²) in [5, 5.41) is 8.13. The number of nitrogens with zero attached hydrogens (tertiary/aromatic N) is 2. The molecule has 0 aromatic carbocycles. The third kappa shape index (κ3) is 1.31. The van der Waals surface area contributed by atoms with Crippen molar-refractivity contribution in [3.05, 3.63) is 33.2 Å². The summed E-state index contributed by atoms with van der Waals surface area (Å²) in [6.45, 7) is 0. The van der Waals surface area contributed by atoms with E-state index in [-0.39, 0.29) is 32.9 Å². The van der Waals surface area contributed by atoms with Crippen LogP contribution in [0.15, 0.2) is 27.3 Å². The first-order chi connectivity index (χ1) is 4.88. The minimum Gasteiger partial charge on any atom is -0.328 e. The first kappa shape index (κ1) is 8.35. The summed E-state index contributed by atoms with van der Waals surface area (Å²) in [7, 11) is 0. The van der Waals surface area contributed by atoms with E-state index < -0.39 is 0 Å². The summed E-state index contributed by atoms with van der Waals surface area (Å²) in [5.41, 5.74) is -0.192. The Morgan fingerprint density at radius 2 is 2.36 bits per heavy atom. The second-order valence-corrected chi connectivity index (χ2v) is 1.88. The van der Waals surface area contributed by atoms with E-state index in [9.17, 15) is 4.79 Å². The Morgan fingerprint density at radius 1 is 1.55 bits per heavy atom. The largest absolute Gasteiger partial charge is 0.328 e. The van der Waals surface area contributed by atoms with Gasteiger partial charge in [0.15, 0.2) is 0 Å². The molecule has 4 nitrogen and oxygen atoms in total. The molecule has 0 saturated carbocycles. The number of aromatic amines is 1. The molecular formula is C6H3N3OTl. The van der Waals surface area contributed by atoms with Crippen molar-refractivity contribution in [3.63, 3.8) is 0 Å². The Hall–Kier alpha value is -0.748. The number of hydrogen-bond donors (Lipinski definition) is 1. The maximum absolute atomic E-state index is 10.9. The van der Waals surface area contributed by atoms with Crippen molar-refractivity contribution < 1.29 is 0 Å². The molecule has 5 heteroatoms. The Balaban J connectivity index is 0.000000605. The van der Waals surface area contributed by atoms with E-state index >= 15 is 0 Å². The number of fused-ring (bicyclic) bond motifs is 1. The predicted octanol–water partition coefficient (Wildman–Crippen LogP) is -2.12. The molecule has 0 atom stereocenters. The summed E-state index contributed by atoms with van der Waals surface area (Å²) in [6, 6.07) is 1.68. The fourth-order valence-electron chi connectivity index (χ4n) is 0.788. The van der Waals surface area contributed by atoms with Crippen LogP contribution >= 0.6 is 0 Å². The van der Waals surface area contributed by atoms with Gasteiger partial charge in [0.25, 0.3) is 5.56 Å². The summed E-state index contributed by atoms with van der Waals surface area (Å²) in [5.74, 6) is 2.48. The zero-order valence-electron chi connectivity index (χ0n) is 5.53. The standard InChI is InChI=1S/C6H3N3O.Tl/c10-6-4-3-8-9-5(4)1-2-7-6;/h1-2H,(H,7,10);. The Morgan fingerprint density at radius 3 is 3.09 bits per heavy atom. The summed E-state index contributed by atoms with van der Waals surface area (Å²) < 4.78 is 0. The van der Waals surface area contributed by atoms with Gasteiger partial charge >= 0.3 is 0 Å². The number of aromatic nitrogens is 1. The number of rotatable bonds is 0. The number of pyridine rings is 1. The molecule has 1 aromatic rings. The van der Waals surface area contributed by atoms with Crippen molar-refractivity contribution in [2.75, 3.05) is 0 Å². The quantitative estimate of drug-likeness (QED) is 0.541. The van der Waals surface area contributed by atoms with Gasteiger partial charge in [0.1, 0.15) is 10.6 Å². The fraction of sp³-hybridized carbons (Fsp3) is 0. The third-order valence-electron chi connectivity index (χ3n) is 1.26. The van der Waals surface area contributed by atoms with E-state index in [0.717, 1.165) is 0 Å². The van der Waals surface area contributed by atoms with Gasteiger partial charge in [-0.1, -0.05) is 0 Å². The summed E-state index contributed by atoms with van der Waals surface area (Å²) in [4.78, 5) is 13.4. The van der Waals surface area contributed by atoms with Crippen molar-refractivity contribution in [3.8, 4) is 0 Å². The molecule has 1 N–H and O–H groups in total. The Bertz CT molecular complexity index is 469. The van der Waals surface area contributed by atoms with Crippen LogP contribution in [0.5, 0.6) is 0 Å². The van der Waals surface area contributed by atoms with Crippen LogP contribution in [0.25, 0.3) is 0 Å². The van der Waals surface area contributed by atoms with Crippen LogP contribution in [0.1, 0.15) is 0 Å². The van der Waals surface area contributed by atoms with Crippen molar-refractivity contribution >= 4 is 33.2 Å². The first-order valence-electron chi connectivity index (χ1n) is 2.76. The van der Waals surface area contributed by atoms with E-state index in [0.29, 0.717) is 10.6 Å². The van der Waals surface area contributed by atoms with Crippen molar-refractivity contribution in [1.82, 2.24) is 4.98 Å². The van der Waals surface area contributed by atoms with E-state index in [1.165, 1.54) is 6.20 Å². The summed E-state index contributed by atoms with van der Waals surface area (Å²) >= 11 is 0. The van der Waals surface area contributed by atoms with Crippen LogP contribution < -0.4 is 16.1 Å². The molecule has 11 heavy (non-hydrogen) atoms. The number of nitrogens with one attached hydrogen (secondary N) is 1. The van der Waals surface area contributed by atoms with Gasteiger partial charge in [0.2, 0.25) is 0 Å².